The van der Waals surface area contributed by atoms with Crippen LogP contribution in [0.3, 0.4) is 0 Å². The number of halogens is 2. The molecule has 0 amide bonds. The molecule has 0 nitrogen and oxygen atoms in total. The zero-order valence-electron chi connectivity index (χ0n) is 37.5. The molecule has 4 aliphatic carbocycles. The van der Waals surface area contributed by atoms with Gasteiger partial charge in [-0.15, -0.1) is 24.8 Å². The van der Waals surface area contributed by atoms with E-state index in [1.807, 2.05) is 0 Å². The number of hydrogen-bond donors (Lipinski definition) is 0. The molecular formula is C52H72Cl2Si3Zr. The van der Waals surface area contributed by atoms with Crippen LogP contribution in [0.15, 0.2) is 96.1 Å². The molecule has 2 fully saturated rings. The minimum atomic E-state index is -3.87. The van der Waals surface area contributed by atoms with Gasteiger partial charge < -0.3 is 0 Å². The molecular weight excluding hydrogens is 871 g/mol. The number of benzene rings is 4. The van der Waals surface area contributed by atoms with Gasteiger partial charge in [-0.3, -0.25) is 0 Å². The van der Waals surface area contributed by atoms with Crippen molar-refractivity contribution in [1.82, 2.24) is 0 Å². The summed E-state index contributed by atoms with van der Waals surface area (Å²) in [7, 11) is -2.75. The minimum Gasteiger partial charge on any atom is -0.147 e. The Hall–Kier alpha value is -1.53. The molecule has 2 atom stereocenters. The fraction of sp³-hybridized carbons (Fsp3) is 0.462. The molecule has 0 heterocycles. The van der Waals surface area contributed by atoms with Gasteiger partial charge in [-0.1, -0.05) is 0 Å². The average Bonchev–Trinajstić information content (AvgIpc) is 3.99. The predicted molar refractivity (Wildman–Crippen MR) is 268 cm³/mol. The Morgan fingerprint density at radius 1 is 0.552 bits per heavy atom. The summed E-state index contributed by atoms with van der Waals surface area (Å²) in [5, 5.41) is 3.09. The van der Waals surface area contributed by atoms with Crippen LogP contribution in [-0.2, 0) is 17.4 Å². The molecule has 2 unspecified atom stereocenters. The zero-order valence-corrected chi connectivity index (χ0v) is 45.0. The van der Waals surface area contributed by atoms with Crippen LogP contribution in [0, 0.1) is 10.8 Å². The van der Waals surface area contributed by atoms with Gasteiger partial charge in [0.05, 0.1) is 0 Å². The molecule has 0 N–H and O–H groups in total. The Labute approximate surface area is 369 Å². The van der Waals surface area contributed by atoms with Crippen LogP contribution >= 0.6 is 24.8 Å². The summed E-state index contributed by atoms with van der Waals surface area (Å²) >= 11 is -3.87. The molecule has 0 aromatic heterocycles. The van der Waals surface area contributed by atoms with Crippen LogP contribution < -0.4 is 10.4 Å². The molecule has 6 heteroatoms. The van der Waals surface area contributed by atoms with Crippen LogP contribution in [0.2, 0.25) is 48.5 Å². The van der Waals surface area contributed by atoms with Gasteiger partial charge in [0.1, 0.15) is 0 Å². The fourth-order valence-electron chi connectivity index (χ4n) is 11.8. The van der Waals surface area contributed by atoms with Crippen molar-refractivity contribution >= 4 is 70.4 Å². The van der Waals surface area contributed by atoms with Gasteiger partial charge in [-0.05, 0) is 0 Å². The van der Waals surface area contributed by atoms with Crippen molar-refractivity contribution in [3.8, 4) is 22.3 Å². The van der Waals surface area contributed by atoms with E-state index in [2.05, 4.69) is 166 Å². The van der Waals surface area contributed by atoms with Crippen LogP contribution in [-0.4, -0.2) is 23.0 Å². The molecule has 4 aliphatic rings. The van der Waals surface area contributed by atoms with E-state index in [4.69, 9.17) is 0 Å². The third-order valence-electron chi connectivity index (χ3n) is 15.0. The van der Waals surface area contributed by atoms with E-state index in [9.17, 15) is 0 Å². The van der Waals surface area contributed by atoms with Crippen molar-refractivity contribution in [3.63, 3.8) is 0 Å². The second kappa shape index (κ2) is 16.3. The first-order chi connectivity index (χ1) is 26.4. The first kappa shape index (κ1) is 46.0. The van der Waals surface area contributed by atoms with Gasteiger partial charge in [0, 0.05) is 0 Å². The normalized spacial score (nSPS) is 20.3. The third-order valence-corrected chi connectivity index (χ3v) is 36.6. The van der Waals surface area contributed by atoms with E-state index in [1.165, 1.54) is 86.5 Å². The SMILES string of the molecule is CCCC1(CC2=Cc3c(-c4ccc([Si](C)(C)C)cc4)cccc3[CH]2[Zr]([CH3])([CH3])(=[SiH2])[CH]2C(CC3(CCC)CC3)=Cc3c(-c4ccc([Si](C)(C)C)cc4)cccc32)CC1.Cl.Cl. The van der Waals surface area contributed by atoms with E-state index in [0.29, 0.717) is 18.1 Å². The van der Waals surface area contributed by atoms with Crippen LogP contribution in [0.1, 0.15) is 108 Å². The molecule has 0 aliphatic heterocycles. The summed E-state index contributed by atoms with van der Waals surface area (Å²) in [5.74, 6) is 0. The first-order valence-corrected chi connectivity index (χ1v) is 43.0. The molecule has 58 heavy (non-hydrogen) atoms. The molecule has 0 bridgehead atoms. The Balaban J connectivity index is 0.00000283. The summed E-state index contributed by atoms with van der Waals surface area (Å²) in [5.41, 5.74) is 16.7. The van der Waals surface area contributed by atoms with E-state index in [1.54, 1.807) is 43.8 Å². The van der Waals surface area contributed by atoms with Crippen molar-refractivity contribution in [2.75, 3.05) is 0 Å². The maximum atomic E-state index is 2.91. The molecule has 2 saturated carbocycles. The monoisotopic (exact) mass is 940 g/mol. The Bertz CT molecular complexity index is 2130. The zero-order chi connectivity index (χ0) is 39.9. The average molecular weight is 944 g/mol. The van der Waals surface area contributed by atoms with E-state index in [-0.39, 0.29) is 24.8 Å². The van der Waals surface area contributed by atoms with Gasteiger partial charge in [-0.25, -0.2) is 0 Å². The van der Waals surface area contributed by atoms with Crippen LogP contribution in [0.4, 0.5) is 0 Å². The summed E-state index contributed by atoms with van der Waals surface area (Å²) in [6.45, 7) is 22.2. The van der Waals surface area contributed by atoms with Gasteiger partial charge in [0.15, 0.2) is 0 Å². The third kappa shape index (κ3) is 8.61. The number of allylic oxidation sites excluding steroid dienone is 2. The fourth-order valence-corrected chi connectivity index (χ4v) is 33.8. The van der Waals surface area contributed by atoms with Gasteiger partial charge in [0.2, 0.25) is 0 Å². The number of hydrogen-bond acceptors (Lipinski definition) is 0. The van der Waals surface area contributed by atoms with Gasteiger partial charge in [0.25, 0.3) is 0 Å². The summed E-state index contributed by atoms with van der Waals surface area (Å²) in [6.07, 6.45) is 19.1. The topological polar surface area (TPSA) is 0 Å². The summed E-state index contributed by atoms with van der Waals surface area (Å²) < 4.78 is 6.93. The Morgan fingerprint density at radius 3 is 1.19 bits per heavy atom. The molecule has 8 rings (SSSR count). The summed E-state index contributed by atoms with van der Waals surface area (Å²) in [4.78, 5) is 0. The van der Waals surface area contributed by atoms with E-state index >= 15 is 0 Å². The summed E-state index contributed by atoms with van der Waals surface area (Å²) in [6, 6.07) is 34.4. The van der Waals surface area contributed by atoms with Crippen molar-refractivity contribution in [1.29, 1.82) is 0 Å². The molecule has 0 radical (unpaired) electrons. The van der Waals surface area contributed by atoms with E-state index in [0.717, 1.165) is 0 Å². The van der Waals surface area contributed by atoms with Crippen LogP contribution in [0.25, 0.3) is 34.4 Å². The van der Waals surface area contributed by atoms with Gasteiger partial charge in [-0.2, -0.15) is 0 Å². The maximum absolute atomic E-state index is 3.87. The standard InChI is InChI=1S/2C25H31Si.2CH3.2ClH.H2Si.Zr/c2*1-5-13-25(14-15-25)18-19-16-21-7-6-8-23(24(21)17-19)20-9-11-22(12-10-20)26(2,3)4;;;;;;/h2*6-12,16-17H,5,13-15,18H2,1-4H3;2*1H3;2*1H;1H2;. The molecule has 0 saturated heterocycles. The second-order valence-corrected chi connectivity index (χ2v) is 63.0. The second-order valence-electron chi connectivity index (χ2n) is 22.4. The molecule has 310 valence electrons. The van der Waals surface area contributed by atoms with Gasteiger partial charge >= 0.3 is 348 Å². The molecule has 4 aromatic carbocycles. The van der Waals surface area contributed by atoms with E-state index < -0.39 is 33.5 Å². The largest absolute Gasteiger partial charge is 0.147 e. The minimum absolute atomic E-state index is 0. The van der Waals surface area contributed by atoms with Crippen molar-refractivity contribution < 1.29 is 17.4 Å². The predicted octanol–water partition coefficient (Wildman–Crippen LogP) is 14.8. The number of fused-ring (bicyclic) bond motifs is 2. The molecule has 4 aromatic rings. The van der Waals surface area contributed by atoms with Crippen molar-refractivity contribution in [2.24, 2.45) is 10.8 Å². The Kier molecular flexibility index (Phi) is 12.9. The number of rotatable bonds is 14. The molecule has 0 spiro atoms. The van der Waals surface area contributed by atoms with Crippen LogP contribution in [0.5, 0.6) is 0 Å². The Morgan fingerprint density at radius 2 is 0.897 bits per heavy atom. The maximum Gasteiger partial charge on any atom is -0.147 e. The quantitative estimate of drug-likeness (QED) is 0.111. The van der Waals surface area contributed by atoms with Crippen molar-refractivity contribution in [2.45, 2.75) is 134 Å². The first-order valence-electron chi connectivity index (χ1n) is 22.3. The van der Waals surface area contributed by atoms with Crippen molar-refractivity contribution in [3.05, 3.63) is 118 Å². The smallest absolute Gasteiger partial charge is 0.147 e.